The van der Waals surface area contributed by atoms with E-state index in [2.05, 4.69) is 5.16 Å². The Hall–Kier alpha value is -1.51. The van der Waals surface area contributed by atoms with Crippen molar-refractivity contribution >= 4 is 5.71 Å². The highest BCUT2D eigenvalue weighted by Crippen LogP contribution is 2.20. The van der Waals surface area contributed by atoms with E-state index in [-0.39, 0.29) is 5.75 Å². The second-order valence-corrected chi connectivity index (χ2v) is 3.32. The van der Waals surface area contributed by atoms with Gasteiger partial charge in [-0.1, -0.05) is 30.1 Å². The fourth-order valence-electron chi connectivity index (χ4n) is 1.36. The van der Waals surface area contributed by atoms with Crippen molar-refractivity contribution in [1.29, 1.82) is 0 Å². The molecule has 0 aliphatic heterocycles. The molecule has 0 atom stereocenters. The topological polar surface area (TPSA) is 52.8 Å². The third kappa shape index (κ3) is 2.25. The van der Waals surface area contributed by atoms with E-state index in [0.29, 0.717) is 17.7 Å². The average molecular weight is 193 g/mol. The molecule has 3 heteroatoms. The Morgan fingerprint density at radius 1 is 1.43 bits per heavy atom. The smallest absolute Gasteiger partial charge is 0.124 e. The van der Waals surface area contributed by atoms with E-state index in [1.54, 1.807) is 6.07 Å². The van der Waals surface area contributed by atoms with Crippen LogP contribution in [0.3, 0.4) is 0 Å². The fourth-order valence-corrected chi connectivity index (χ4v) is 1.36. The number of phenols is 1. The maximum absolute atomic E-state index is 9.57. The standard InChI is InChI=1S/C11H15NO2/c1-3-4-10(12-14)9-7-8(2)5-6-11(9)13/h5-7,13-14H,3-4H2,1-2H3/b12-10+. The van der Waals surface area contributed by atoms with E-state index < -0.39 is 0 Å². The number of benzene rings is 1. The first kappa shape index (κ1) is 10.6. The molecule has 14 heavy (non-hydrogen) atoms. The van der Waals surface area contributed by atoms with Crippen molar-refractivity contribution in [3.05, 3.63) is 29.3 Å². The Labute approximate surface area is 83.7 Å². The van der Waals surface area contributed by atoms with E-state index in [1.165, 1.54) is 0 Å². The SMILES string of the molecule is CCC/C(=N\O)c1cc(C)ccc1O. The minimum absolute atomic E-state index is 0.164. The fraction of sp³-hybridized carbons (Fsp3) is 0.364. The predicted molar refractivity (Wildman–Crippen MR) is 56.1 cm³/mol. The Morgan fingerprint density at radius 3 is 2.71 bits per heavy atom. The molecule has 0 radical (unpaired) electrons. The number of hydrogen-bond donors (Lipinski definition) is 2. The van der Waals surface area contributed by atoms with Crippen LogP contribution in [0.1, 0.15) is 30.9 Å². The Bertz CT molecular complexity index is 345. The van der Waals surface area contributed by atoms with E-state index >= 15 is 0 Å². The lowest BCUT2D eigenvalue weighted by Crippen LogP contribution is -2.01. The van der Waals surface area contributed by atoms with Gasteiger partial charge in [0.05, 0.1) is 5.71 Å². The summed E-state index contributed by atoms with van der Waals surface area (Å²) in [5.41, 5.74) is 2.19. The minimum atomic E-state index is 0.164. The van der Waals surface area contributed by atoms with Gasteiger partial charge in [-0.2, -0.15) is 0 Å². The van der Waals surface area contributed by atoms with Gasteiger partial charge in [0.25, 0.3) is 0 Å². The molecule has 0 aliphatic rings. The van der Waals surface area contributed by atoms with Crippen molar-refractivity contribution in [1.82, 2.24) is 0 Å². The molecular formula is C11H15NO2. The van der Waals surface area contributed by atoms with Crippen LogP contribution in [0.5, 0.6) is 5.75 Å². The number of nitrogens with zero attached hydrogens (tertiary/aromatic N) is 1. The van der Waals surface area contributed by atoms with E-state index in [0.717, 1.165) is 12.0 Å². The minimum Gasteiger partial charge on any atom is -0.507 e. The van der Waals surface area contributed by atoms with Crippen LogP contribution in [0.2, 0.25) is 0 Å². The third-order valence-electron chi connectivity index (χ3n) is 2.07. The van der Waals surface area contributed by atoms with Crippen molar-refractivity contribution in [3.63, 3.8) is 0 Å². The number of phenolic OH excluding ortho intramolecular Hbond substituents is 1. The molecule has 0 amide bonds. The molecule has 1 aromatic carbocycles. The van der Waals surface area contributed by atoms with Crippen LogP contribution in [0.4, 0.5) is 0 Å². The average Bonchev–Trinajstić information content (AvgIpc) is 2.18. The highest BCUT2D eigenvalue weighted by Gasteiger charge is 2.08. The molecule has 0 bridgehead atoms. The summed E-state index contributed by atoms with van der Waals surface area (Å²) in [6, 6.07) is 5.26. The Morgan fingerprint density at radius 2 is 2.14 bits per heavy atom. The van der Waals surface area contributed by atoms with Crippen molar-refractivity contribution in [3.8, 4) is 5.75 Å². The first-order valence-electron chi connectivity index (χ1n) is 4.70. The molecule has 3 nitrogen and oxygen atoms in total. The summed E-state index contributed by atoms with van der Waals surface area (Å²) >= 11 is 0. The van der Waals surface area contributed by atoms with E-state index in [4.69, 9.17) is 5.21 Å². The van der Waals surface area contributed by atoms with Gasteiger partial charge in [0.15, 0.2) is 0 Å². The molecule has 0 unspecified atom stereocenters. The van der Waals surface area contributed by atoms with Crippen LogP contribution in [-0.4, -0.2) is 16.0 Å². The summed E-state index contributed by atoms with van der Waals surface area (Å²) in [6.07, 6.45) is 1.54. The van der Waals surface area contributed by atoms with Crippen LogP contribution in [0.15, 0.2) is 23.4 Å². The second kappa shape index (κ2) is 4.65. The van der Waals surface area contributed by atoms with Crippen LogP contribution in [-0.2, 0) is 0 Å². The summed E-state index contributed by atoms with van der Waals surface area (Å²) in [5, 5.41) is 21.6. The lowest BCUT2D eigenvalue weighted by molar-refractivity contribution is 0.317. The number of rotatable bonds is 3. The molecule has 76 valence electrons. The number of aromatic hydroxyl groups is 1. The number of oxime groups is 1. The Balaban J connectivity index is 3.09. The summed E-state index contributed by atoms with van der Waals surface area (Å²) in [4.78, 5) is 0. The highest BCUT2D eigenvalue weighted by molar-refractivity contribution is 6.02. The number of aryl methyl sites for hydroxylation is 1. The summed E-state index contributed by atoms with van der Waals surface area (Å²) in [6.45, 7) is 3.93. The molecule has 0 spiro atoms. The summed E-state index contributed by atoms with van der Waals surface area (Å²) < 4.78 is 0. The van der Waals surface area contributed by atoms with Crippen LogP contribution in [0.25, 0.3) is 0 Å². The van der Waals surface area contributed by atoms with Crippen molar-refractivity contribution in [2.75, 3.05) is 0 Å². The Kier molecular flexibility index (Phi) is 3.51. The molecule has 2 N–H and O–H groups in total. The molecular weight excluding hydrogens is 178 g/mol. The van der Waals surface area contributed by atoms with Gasteiger partial charge >= 0.3 is 0 Å². The first-order chi connectivity index (χ1) is 6.69. The van der Waals surface area contributed by atoms with Gasteiger partial charge in [0.2, 0.25) is 0 Å². The summed E-state index contributed by atoms with van der Waals surface area (Å²) in [7, 11) is 0. The predicted octanol–water partition coefficient (Wildman–Crippen LogP) is 2.68. The van der Waals surface area contributed by atoms with Gasteiger partial charge in [0, 0.05) is 5.56 Å². The summed E-state index contributed by atoms with van der Waals surface area (Å²) in [5.74, 6) is 0.164. The quantitative estimate of drug-likeness (QED) is 0.440. The molecule has 0 saturated carbocycles. The molecule has 1 rings (SSSR count). The van der Waals surface area contributed by atoms with Gasteiger partial charge in [-0.3, -0.25) is 0 Å². The van der Waals surface area contributed by atoms with Crippen LogP contribution in [0, 0.1) is 6.92 Å². The van der Waals surface area contributed by atoms with Gasteiger partial charge in [0.1, 0.15) is 5.75 Å². The zero-order chi connectivity index (χ0) is 10.6. The van der Waals surface area contributed by atoms with Gasteiger partial charge in [-0.05, 0) is 25.5 Å². The van der Waals surface area contributed by atoms with Gasteiger partial charge < -0.3 is 10.3 Å². The molecule has 1 aromatic rings. The number of hydrogen-bond acceptors (Lipinski definition) is 3. The van der Waals surface area contributed by atoms with E-state index in [9.17, 15) is 5.11 Å². The monoisotopic (exact) mass is 193 g/mol. The van der Waals surface area contributed by atoms with Gasteiger partial charge in [-0.15, -0.1) is 0 Å². The molecule has 0 saturated heterocycles. The third-order valence-corrected chi connectivity index (χ3v) is 2.07. The zero-order valence-electron chi connectivity index (χ0n) is 8.49. The normalized spacial score (nSPS) is 11.7. The van der Waals surface area contributed by atoms with Crippen LogP contribution >= 0.6 is 0 Å². The maximum atomic E-state index is 9.57. The molecule has 0 aliphatic carbocycles. The highest BCUT2D eigenvalue weighted by atomic mass is 16.4. The van der Waals surface area contributed by atoms with Crippen molar-refractivity contribution in [2.24, 2.45) is 5.16 Å². The largest absolute Gasteiger partial charge is 0.507 e. The first-order valence-corrected chi connectivity index (χ1v) is 4.70. The molecule has 0 heterocycles. The lowest BCUT2D eigenvalue weighted by Gasteiger charge is -2.06. The van der Waals surface area contributed by atoms with Gasteiger partial charge in [-0.25, -0.2) is 0 Å². The van der Waals surface area contributed by atoms with E-state index in [1.807, 2.05) is 26.0 Å². The maximum Gasteiger partial charge on any atom is 0.124 e. The molecule has 0 aromatic heterocycles. The zero-order valence-corrected chi connectivity index (χ0v) is 8.49. The lowest BCUT2D eigenvalue weighted by atomic mass is 10.0. The second-order valence-electron chi connectivity index (χ2n) is 3.32. The van der Waals surface area contributed by atoms with Crippen molar-refractivity contribution < 1.29 is 10.3 Å². The van der Waals surface area contributed by atoms with Crippen molar-refractivity contribution in [2.45, 2.75) is 26.7 Å². The van der Waals surface area contributed by atoms with Crippen LogP contribution < -0.4 is 0 Å². The molecule has 0 fully saturated rings.